The molecule has 0 aliphatic carbocycles. The normalized spacial score (nSPS) is 16.9. The van der Waals surface area contributed by atoms with Crippen LogP contribution in [0.3, 0.4) is 0 Å². The number of phenols is 1. The molecule has 2 aromatic carbocycles. The highest BCUT2D eigenvalue weighted by Crippen LogP contribution is 2.21. The van der Waals surface area contributed by atoms with E-state index in [2.05, 4.69) is 67.8 Å². The molecule has 24 nitrogen and oxygen atoms in total. The Balaban J connectivity index is 1.91. The minimum atomic E-state index is -1.65. The van der Waals surface area contributed by atoms with E-state index in [-0.39, 0.29) is 67.7 Å². The third kappa shape index (κ3) is 21.6. The van der Waals surface area contributed by atoms with Crippen LogP contribution in [-0.2, 0) is 65.6 Å². The molecule has 0 radical (unpaired) electrons. The smallest absolute Gasteiger partial charge is 0.327 e. The second-order valence-electron chi connectivity index (χ2n) is 20.9. The number of rotatable bonds is 32. The van der Waals surface area contributed by atoms with Crippen LogP contribution in [0.25, 0.3) is 0 Å². The number of nitrogens with one attached hydrogen (secondary N) is 8. The lowest BCUT2D eigenvalue weighted by Crippen LogP contribution is -2.61. The quantitative estimate of drug-likeness (QED) is 0.0427. The summed E-state index contributed by atoms with van der Waals surface area (Å²) in [6, 6.07) is 1.38. The van der Waals surface area contributed by atoms with Gasteiger partial charge in [-0.25, -0.2) is 4.79 Å². The number of thiol groups is 2. The van der Waals surface area contributed by atoms with Crippen molar-refractivity contribution in [2.45, 2.75) is 160 Å². The van der Waals surface area contributed by atoms with Gasteiger partial charge >= 0.3 is 11.9 Å². The summed E-state index contributed by atoms with van der Waals surface area (Å²) in [7, 11) is 0. The minimum absolute atomic E-state index is 0.00927. The topological polar surface area (TPSA) is 374 Å². The van der Waals surface area contributed by atoms with E-state index in [0.29, 0.717) is 24.0 Å². The molecule has 2 aromatic rings. The number of carboxylic acid groups (broad SMARTS) is 2. The summed E-state index contributed by atoms with van der Waals surface area (Å²) >= 11 is 7.99. The summed E-state index contributed by atoms with van der Waals surface area (Å²) in [5, 5.41) is 49.8. The predicted molar refractivity (Wildman–Crippen MR) is 302 cm³/mol. The minimum Gasteiger partial charge on any atom is -0.508 e. The van der Waals surface area contributed by atoms with Crippen molar-refractivity contribution in [3.05, 3.63) is 65.7 Å². The van der Waals surface area contributed by atoms with Crippen LogP contribution in [0.2, 0.25) is 0 Å². The lowest BCUT2D eigenvalue weighted by Gasteiger charge is -2.31. The van der Waals surface area contributed by atoms with Gasteiger partial charge in [-0.15, -0.1) is 0 Å². The number of benzene rings is 2. The van der Waals surface area contributed by atoms with Crippen molar-refractivity contribution >= 4 is 90.4 Å². The first-order chi connectivity index (χ1) is 37.7. The summed E-state index contributed by atoms with van der Waals surface area (Å²) in [5.74, 6) is -11.2. The highest BCUT2D eigenvalue weighted by Gasteiger charge is 2.41. The molecule has 442 valence electrons. The fourth-order valence-electron chi connectivity index (χ4n) is 8.67. The monoisotopic (exact) mass is 1160 g/mol. The third-order valence-corrected chi connectivity index (χ3v) is 14.1. The van der Waals surface area contributed by atoms with Gasteiger partial charge in [0.25, 0.3) is 0 Å². The molecule has 1 saturated heterocycles. The van der Waals surface area contributed by atoms with Crippen LogP contribution in [0.5, 0.6) is 5.75 Å². The number of hydrogen-bond donors (Lipinski definition) is 14. The van der Waals surface area contributed by atoms with Crippen molar-refractivity contribution in [1.29, 1.82) is 0 Å². The molecule has 0 aromatic heterocycles. The lowest BCUT2D eigenvalue weighted by atomic mass is 9.96. The summed E-state index contributed by atoms with van der Waals surface area (Å²) in [4.78, 5) is 150. The number of nitrogens with two attached hydrogens (primary N) is 1. The molecular formula is C54H80N10O14S2. The van der Waals surface area contributed by atoms with Crippen molar-refractivity contribution in [1.82, 2.24) is 47.4 Å². The third-order valence-electron chi connectivity index (χ3n) is 13.3. The Bertz CT molecular complexity index is 2470. The highest BCUT2D eigenvalue weighted by molar-refractivity contribution is 7.80. The molecule has 1 heterocycles. The van der Waals surface area contributed by atoms with E-state index < -0.39 is 138 Å². The Morgan fingerprint density at radius 1 is 0.588 bits per heavy atom. The number of aliphatic carboxylic acids is 2. The van der Waals surface area contributed by atoms with Crippen molar-refractivity contribution in [2.75, 3.05) is 18.1 Å². The Labute approximate surface area is 477 Å². The lowest BCUT2D eigenvalue weighted by molar-refractivity contribution is -0.142. The molecule has 1 aliphatic rings. The van der Waals surface area contributed by atoms with E-state index in [0.717, 1.165) is 0 Å². The number of carbonyl (C=O) groups excluding carboxylic acids is 9. The van der Waals surface area contributed by atoms with Gasteiger partial charge < -0.3 is 68.5 Å². The van der Waals surface area contributed by atoms with Gasteiger partial charge in [-0.05, 0) is 73.6 Å². The van der Waals surface area contributed by atoms with E-state index in [1.165, 1.54) is 36.1 Å². The molecule has 0 unspecified atom stereocenters. The van der Waals surface area contributed by atoms with Crippen molar-refractivity contribution in [3.8, 4) is 5.75 Å². The van der Waals surface area contributed by atoms with Crippen molar-refractivity contribution < 1.29 is 68.1 Å². The van der Waals surface area contributed by atoms with E-state index in [1.54, 1.807) is 58.0 Å². The summed E-state index contributed by atoms with van der Waals surface area (Å²) in [6.45, 7) is 12.1. The van der Waals surface area contributed by atoms with Crippen LogP contribution in [0.1, 0.15) is 98.1 Å². The van der Waals surface area contributed by atoms with E-state index in [4.69, 9.17) is 5.73 Å². The average Bonchev–Trinajstić information content (AvgIpc) is 3.90. The van der Waals surface area contributed by atoms with Gasteiger partial charge in [-0.1, -0.05) is 90.4 Å². The van der Waals surface area contributed by atoms with Crippen LogP contribution in [0.4, 0.5) is 0 Å². The molecule has 9 amide bonds. The molecule has 0 saturated carbocycles. The maximum Gasteiger partial charge on any atom is 0.327 e. The number of nitrogens with zero attached hydrogens (tertiary/aromatic N) is 1. The van der Waals surface area contributed by atoms with Gasteiger partial charge in [-0.2, -0.15) is 25.3 Å². The van der Waals surface area contributed by atoms with Crippen molar-refractivity contribution in [3.63, 3.8) is 0 Å². The number of carbonyl (C=O) groups is 11. The van der Waals surface area contributed by atoms with Crippen LogP contribution < -0.4 is 48.3 Å². The van der Waals surface area contributed by atoms with Gasteiger partial charge in [0.05, 0.1) is 12.5 Å². The van der Waals surface area contributed by atoms with E-state index in [9.17, 15) is 68.1 Å². The molecular weight excluding hydrogens is 1080 g/mol. The fraction of sp³-hybridized carbons (Fsp3) is 0.574. The number of phenolic OH excluding ortho intramolecular Hbond substituents is 1. The van der Waals surface area contributed by atoms with Crippen molar-refractivity contribution in [2.24, 2.45) is 23.5 Å². The van der Waals surface area contributed by atoms with Gasteiger partial charge in [-0.3, -0.25) is 47.9 Å². The Kier molecular flexibility index (Phi) is 27.8. The number of amides is 9. The molecule has 3 rings (SSSR count). The maximum absolute atomic E-state index is 14.8. The molecule has 26 heteroatoms. The Hall–Kier alpha value is -6.93. The molecule has 80 heavy (non-hydrogen) atoms. The first-order valence-electron chi connectivity index (χ1n) is 26.7. The SMILES string of the molecule is CC[C@H](C)[C@H](NC(=O)[C@H](C)NC(=O)[C@@H]1CCCN1C(=O)[C@H](Cc1ccccc1)NC(=O)[C@H](Cc1ccc(O)cc1)NC(=O)[C@H](CC(C)C)NC(=O)[C@H](CC(=O)O)NC(=O)[C@@H](N)CS)C(=O)N[C@@H](CC(C)C)C(=O)N[C@@H](CS)C(=O)O. The first-order valence-corrected chi connectivity index (χ1v) is 27.9. The van der Waals surface area contributed by atoms with Gasteiger partial charge in [0, 0.05) is 30.9 Å². The molecule has 0 bridgehead atoms. The standard InChI is InChI=1S/C54H80N10O14S2/c1-8-30(6)44(52(75)60-37(22-29(4)5)48(71)62-41(27-80)54(77)78)63-45(68)31(7)56-51(74)42-15-12-20-64(42)53(76)40(24-32-13-10-9-11-14-32)61-49(72)38(23-33-16-18-34(65)19-17-33)59-47(70)36(21-28(2)3)58-50(73)39(25-43(66)67)57-46(69)35(55)26-79/h9-11,13-14,16-19,28-31,35-42,44,65,79-80H,8,12,15,20-27,55H2,1-7H3,(H,56,74)(H,57,69)(H,58,73)(H,59,70)(H,60,75)(H,61,72)(H,62,71)(H,63,68)(H,66,67)(H,77,78)/t30-,31-,35-,36-,37-,38-,39-,40-,41-,42-,44-/m0/s1. The van der Waals surface area contributed by atoms with Crippen LogP contribution in [0, 0.1) is 17.8 Å². The van der Waals surface area contributed by atoms with E-state index >= 15 is 0 Å². The second-order valence-corrected chi connectivity index (χ2v) is 21.6. The fourth-order valence-corrected chi connectivity index (χ4v) is 9.09. The number of aromatic hydroxyl groups is 1. The van der Waals surface area contributed by atoms with Gasteiger partial charge in [0.15, 0.2) is 0 Å². The number of carboxylic acids is 2. The second kappa shape index (κ2) is 33.0. The first kappa shape index (κ1) is 67.3. The molecule has 11 atom stereocenters. The van der Waals surface area contributed by atoms with Gasteiger partial charge in [0.2, 0.25) is 53.2 Å². The molecule has 13 N–H and O–H groups in total. The van der Waals surface area contributed by atoms with Gasteiger partial charge in [0.1, 0.15) is 60.1 Å². The zero-order valence-corrected chi connectivity index (χ0v) is 48.0. The zero-order chi connectivity index (χ0) is 60.0. The summed E-state index contributed by atoms with van der Waals surface area (Å²) in [6.07, 6.45) is -0.0555. The molecule has 1 aliphatic heterocycles. The van der Waals surface area contributed by atoms with E-state index in [1.807, 2.05) is 13.8 Å². The Morgan fingerprint density at radius 3 is 1.60 bits per heavy atom. The zero-order valence-electron chi connectivity index (χ0n) is 46.2. The number of hydrogen-bond acceptors (Lipinski definition) is 15. The van der Waals surface area contributed by atoms with Crippen LogP contribution >= 0.6 is 25.3 Å². The largest absolute Gasteiger partial charge is 0.508 e. The molecule has 1 fully saturated rings. The Morgan fingerprint density at radius 2 is 1.07 bits per heavy atom. The van der Waals surface area contributed by atoms with Crippen LogP contribution in [0.15, 0.2) is 54.6 Å². The summed E-state index contributed by atoms with van der Waals surface area (Å²) < 4.78 is 0. The van der Waals surface area contributed by atoms with Crippen LogP contribution in [-0.4, -0.2) is 164 Å². The maximum atomic E-state index is 14.8. The summed E-state index contributed by atoms with van der Waals surface area (Å²) in [5.41, 5.74) is 6.83. The predicted octanol–water partition coefficient (Wildman–Crippen LogP) is -0.0488. The molecule has 0 spiro atoms. The number of likely N-dealkylation sites (tertiary alicyclic amines) is 1. The highest BCUT2D eigenvalue weighted by atomic mass is 32.1. The average molecular weight is 1160 g/mol.